The molecule has 4 rings (SSSR count). The molecule has 1 N–H and O–H groups in total. The van der Waals surface area contributed by atoms with Gasteiger partial charge < -0.3 is 19.2 Å². The van der Waals surface area contributed by atoms with Crippen LogP contribution in [0.3, 0.4) is 0 Å². The largest absolute Gasteiger partial charge is 0.497 e. The smallest absolute Gasteiger partial charge is 0.342 e. The Balaban J connectivity index is 1.53. The van der Waals surface area contributed by atoms with E-state index in [2.05, 4.69) is 10.4 Å². The van der Waals surface area contributed by atoms with Crippen molar-refractivity contribution in [1.29, 1.82) is 0 Å². The van der Waals surface area contributed by atoms with Crippen LogP contribution < -0.4 is 10.1 Å². The van der Waals surface area contributed by atoms with Crippen molar-refractivity contribution < 1.29 is 23.5 Å². The third-order valence-electron chi connectivity index (χ3n) is 4.69. The number of hydrogen-bond acceptors (Lipinski definition) is 6. The van der Waals surface area contributed by atoms with Gasteiger partial charge in [-0.3, -0.25) is 4.79 Å². The van der Waals surface area contributed by atoms with Crippen LogP contribution >= 0.6 is 0 Å². The summed E-state index contributed by atoms with van der Waals surface area (Å²) in [5.74, 6) is 0.214. The molecule has 0 aliphatic rings. The van der Waals surface area contributed by atoms with E-state index in [1.807, 2.05) is 42.5 Å². The number of nitrogens with zero attached hydrogens (tertiary/aromatic N) is 2. The van der Waals surface area contributed by atoms with Crippen LogP contribution in [0.2, 0.25) is 0 Å². The Hall–Kier alpha value is -4.33. The Bertz CT molecular complexity index is 1180. The molecule has 0 aliphatic carbocycles. The molecule has 0 radical (unpaired) electrons. The van der Waals surface area contributed by atoms with Crippen molar-refractivity contribution in [3.05, 3.63) is 90.5 Å². The standard InChI is InChI=1S/C24H21N3O5/c1-30-19-11-9-17(10-12-19)23-21(15-27(26-23)18-6-3-2-4-7-18)24(29)32-16-22(28)25-14-20-8-5-13-31-20/h2-13,15H,14,16H2,1H3,(H,25,28). The van der Waals surface area contributed by atoms with E-state index < -0.39 is 18.5 Å². The van der Waals surface area contributed by atoms with E-state index in [1.54, 1.807) is 42.3 Å². The molecule has 0 saturated heterocycles. The summed E-state index contributed by atoms with van der Waals surface area (Å²) in [6.45, 7) is -0.204. The molecule has 0 atom stereocenters. The number of amides is 1. The number of esters is 1. The molecule has 0 aliphatic heterocycles. The molecule has 2 heterocycles. The van der Waals surface area contributed by atoms with Crippen molar-refractivity contribution in [2.24, 2.45) is 0 Å². The van der Waals surface area contributed by atoms with Crippen molar-refractivity contribution in [2.45, 2.75) is 6.54 Å². The monoisotopic (exact) mass is 431 g/mol. The number of carbonyl (C=O) groups is 2. The molecule has 2 aromatic heterocycles. The van der Waals surface area contributed by atoms with Crippen LogP contribution in [0.4, 0.5) is 0 Å². The molecule has 0 saturated carbocycles. The van der Waals surface area contributed by atoms with Crippen LogP contribution in [0.25, 0.3) is 16.9 Å². The number of hydrogen-bond donors (Lipinski definition) is 1. The topological polar surface area (TPSA) is 95.6 Å². The summed E-state index contributed by atoms with van der Waals surface area (Å²) in [7, 11) is 1.58. The maximum absolute atomic E-state index is 12.8. The molecule has 32 heavy (non-hydrogen) atoms. The molecule has 8 nitrogen and oxygen atoms in total. The van der Waals surface area contributed by atoms with Gasteiger partial charge in [0.1, 0.15) is 22.8 Å². The minimum atomic E-state index is -0.647. The zero-order valence-electron chi connectivity index (χ0n) is 17.4. The molecule has 0 spiro atoms. The lowest BCUT2D eigenvalue weighted by Gasteiger charge is -2.06. The van der Waals surface area contributed by atoms with Gasteiger partial charge in [-0.05, 0) is 48.5 Å². The SMILES string of the molecule is COc1ccc(-c2nn(-c3ccccc3)cc2C(=O)OCC(=O)NCc2ccco2)cc1. The second kappa shape index (κ2) is 9.65. The molecule has 0 fully saturated rings. The summed E-state index contributed by atoms with van der Waals surface area (Å²) < 4.78 is 17.2. The second-order valence-electron chi connectivity index (χ2n) is 6.83. The lowest BCUT2D eigenvalue weighted by molar-refractivity contribution is -0.124. The lowest BCUT2D eigenvalue weighted by Crippen LogP contribution is -2.28. The van der Waals surface area contributed by atoms with Crippen LogP contribution in [0.1, 0.15) is 16.1 Å². The summed E-state index contributed by atoms with van der Waals surface area (Å²) in [6, 6.07) is 20.1. The summed E-state index contributed by atoms with van der Waals surface area (Å²) in [6.07, 6.45) is 3.12. The molecule has 162 valence electrons. The van der Waals surface area contributed by atoms with E-state index in [0.29, 0.717) is 17.2 Å². The highest BCUT2D eigenvalue weighted by atomic mass is 16.5. The van der Waals surface area contributed by atoms with Gasteiger partial charge in [-0.15, -0.1) is 0 Å². The minimum absolute atomic E-state index is 0.215. The first-order chi connectivity index (χ1) is 15.6. The lowest BCUT2D eigenvalue weighted by atomic mass is 10.1. The zero-order chi connectivity index (χ0) is 22.3. The van der Waals surface area contributed by atoms with Crippen molar-refractivity contribution >= 4 is 11.9 Å². The van der Waals surface area contributed by atoms with Gasteiger partial charge in [0.2, 0.25) is 0 Å². The van der Waals surface area contributed by atoms with Crippen LogP contribution in [-0.4, -0.2) is 35.4 Å². The molecule has 2 aromatic carbocycles. The molecular formula is C24H21N3O5. The summed E-state index contributed by atoms with van der Waals surface area (Å²) in [4.78, 5) is 24.9. The molecular weight excluding hydrogens is 410 g/mol. The first-order valence-corrected chi connectivity index (χ1v) is 9.90. The Morgan fingerprint density at radius 1 is 1.03 bits per heavy atom. The number of aromatic nitrogens is 2. The Kier molecular flexibility index (Phi) is 6.31. The zero-order valence-corrected chi connectivity index (χ0v) is 17.4. The van der Waals surface area contributed by atoms with Crippen LogP contribution in [0.15, 0.2) is 83.6 Å². The van der Waals surface area contributed by atoms with Crippen LogP contribution in [0, 0.1) is 0 Å². The van der Waals surface area contributed by atoms with E-state index in [1.165, 1.54) is 6.26 Å². The molecule has 1 amide bonds. The van der Waals surface area contributed by atoms with Gasteiger partial charge in [0, 0.05) is 11.8 Å². The highest BCUT2D eigenvalue weighted by molar-refractivity contribution is 5.97. The summed E-state index contributed by atoms with van der Waals surface area (Å²) in [5, 5.41) is 7.22. The van der Waals surface area contributed by atoms with E-state index in [9.17, 15) is 9.59 Å². The van der Waals surface area contributed by atoms with E-state index in [-0.39, 0.29) is 12.1 Å². The number of carbonyl (C=O) groups excluding carboxylic acids is 2. The van der Waals surface area contributed by atoms with E-state index >= 15 is 0 Å². The van der Waals surface area contributed by atoms with Gasteiger partial charge in [0.15, 0.2) is 6.61 Å². The first-order valence-electron chi connectivity index (χ1n) is 9.90. The van der Waals surface area contributed by atoms with Crippen LogP contribution in [-0.2, 0) is 16.1 Å². The number of ether oxygens (including phenoxy) is 2. The molecule has 8 heteroatoms. The van der Waals surface area contributed by atoms with Gasteiger partial charge in [0.25, 0.3) is 5.91 Å². The average molecular weight is 431 g/mol. The van der Waals surface area contributed by atoms with Gasteiger partial charge in [-0.25, -0.2) is 9.48 Å². The van der Waals surface area contributed by atoms with Crippen LogP contribution in [0.5, 0.6) is 5.75 Å². The maximum atomic E-state index is 12.8. The number of nitrogens with one attached hydrogen (secondary N) is 1. The predicted octanol–water partition coefficient (Wildman–Crippen LogP) is 3.61. The van der Waals surface area contributed by atoms with Crippen molar-refractivity contribution in [3.63, 3.8) is 0 Å². The minimum Gasteiger partial charge on any atom is -0.497 e. The van der Waals surface area contributed by atoms with Gasteiger partial charge in [-0.1, -0.05) is 18.2 Å². The van der Waals surface area contributed by atoms with Gasteiger partial charge in [0.05, 0.1) is 25.6 Å². The third-order valence-corrected chi connectivity index (χ3v) is 4.69. The number of benzene rings is 2. The number of furan rings is 1. The maximum Gasteiger partial charge on any atom is 0.342 e. The van der Waals surface area contributed by atoms with Crippen molar-refractivity contribution in [1.82, 2.24) is 15.1 Å². The molecule has 0 unspecified atom stereocenters. The normalized spacial score (nSPS) is 10.5. The number of rotatable bonds is 8. The van der Waals surface area contributed by atoms with E-state index in [0.717, 1.165) is 11.3 Å². The quantitative estimate of drug-likeness (QED) is 0.428. The Labute approximate surface area is 184 Å². The highest BCUT2D eigenvalue weighted by Gasteiger charge is 2.21. The number of para-hydroxylation sites is 1. The van der Waals surface area contributed by atoms with Crippen molar-refractivity contribution in [3.8, 4) is 22.7 Å². The predicted molar refractivity (Wildman–Crippen MR) is 116 cm³/mol. The second-order valence-corrected chi connectivity index (χ2v) is 6.83. The third kappa shape index (κ3) is 4.86. The fraction of sp³-hybridized carbons (Fsp3) is 0.125. The van der Waals surface area contributed by atoms with Crippen molar-refractivity contribution in [2.75, 3.05) is 13.7 Å². The average Bonchev–Trinajstić information content (AvgIpc) is 3.52. The molecule has 4 aromatic rings. The van der Waals surface area contributed by atoms with Gasteiger partial charge in [-0.2, -0.15) is 5.10 Å². The van der Waals surface area contributed by atoms with E-state index in [4.69, 9.17) is 13.9 Å². The first kappa shape index (κ1) is 20.9. The fourth-order valence-corrected chi connectivity index (χ4v) is 3.06. The number of methoxy groups -OCH3 is 1. The van der Waals surface area contributed by atoms with Gasteiger partial charge >= 0.3 is 5.97 Å². The molecule has 0 bridgehead atoms. The Morgan fingerprint density at radius 2 is 1.81 bits per heavy atom. The Morgan fingerprint density at radius 3 is 2.50 bits per heavy atom. The highest BCUT2D eigenvalue weighted by Crippen LogP contribution is 2.26. The summed E-state index contributed by atoms with van der Waals surface area (Å²) in [5.41, 5.74) is 2.20. The fourth-order valence-electron chi connectivity index (χ4n) is 3.06. The summed E-state index contributed by atoms with van der Waals surface area (Å²) >= 11 is 0.